The normalized spacial score (nSPS) is 21.7. The molecule has 3 heterocycles. The Labute approximate surface area is 153 Å². The zero-order chi connectivity index (χ0) is 18.6. The maximum absolute atomic E-state index is 13.1. The number of aryl methyl sites for hydroxylation is 2. The predicted octanol–water partition coefficient (Wildman–Crippen LogP) is 1.68. The van der Waals surface area contributed by atoms with Crippen molar-refractivity contribution >= 4 is 34.8 Å². The summed E-state index contributed by atoms with van der Waals surface area (Å²) < 4.78 is 6.90. The quantitative estimate of drug-likeness (QED) is 0.763. The van der Waals surface area contributed by atoms with Crippen LogP contribution in [0.2, 0.25) is 5.02 Å². The Morgan fingerprint density at radius 3 is 2.69 bits per heavy atom. The van der Waals surface area contributed by atoms with Gasteiger partial charge in [-0.25, -0.2) is 4.90 Å². The molecule has 2 aliphatic heterocycles. The molecule has 9 heteroatoms. The van der Waals surface area contributed by atoms with Gasteiger partial charge in [0.05, 0.1) is 18.5 Å². The van der Waals surface area contributed by atoms with Gasteiger partial charge in [0, 0.05) is 23.8 Å². The van der Waals surface area contributed by atoms with Crippen molar-refractivity contribution in [3.05, 3.63) is 40.7 Å². The fourth-order valence-corrected chi connectivity index (χ4v) is 3.49. The molecule has 2 amide bonds. The highest BCUT2D eigenvalue weighted by molar-refractivity contribution is 6.34. The smallest absolute Gasteiger partial charge is 0.279 e. The highest BCUT2D eigenvalue weighted by atomic mass is 35.5. The van der Waals surface area contributed by atoms with Crippen LogP contribution in [0.3, 0.4) is 0 Å². The van der Waals surface area contributed by atoms with Gasteiger partial charge in [-0.15, -0.1) is 0 Å². The van der Waals surface area contributed by atoms with Gasteiger partial charge in [-0.1, -0.05) is 16.8 Å². The number of amides is 2. The molecule has 1 fully saturated rings. The van der Waals surface area contributed by atoms with Gasteiger partial charge < -0.3 is 9.57 Å². The number of carbonyl (C=O) groups is 2. The van der Waals surface area contributed by atoms with Crippen molar-refractivity contribution < 1.29 is 19.2 Å². The van der Waals surface area contributed by atoms with Crippen LogP contribution in [0.25, 0.3) is 0 Å². The molecule has 4 rings (SSSR count). The molecule has 0 bridgehead atoms. The second kappa shape index (κ2) is 5.84. The maximum Gasteiger partial charge on any atom is 0.279 e. The van der Waals surface area contributed by atoms with Crippen LogP contribution in [-0.4, -0.2) is 40.5 Å². The monoisotopic (exact) mass is 374 g/mol. The molecule has 0 aliphatic carbocycles. The minimum Gasteiger partial charge on any atom is -0.495 e. The van der Waals surface area contributed by atoms with Gasteiger partial charge in [0.15, 0.2) is 0 Å². The second-order valence-corrected chi connectivity index (χ2v) is 6.55. The van der Waals surface area contributed by atoms with Gasteiger partial charge in [0.2, 0.25) is 12.0 Å². The van der Waals surface area contributed by atoms with Crippen LogP contribution in [0, 0.1) is 12.8 Å². The molecule has 0 unspecified atom stereocenters. The number of hydrogen-bond donors (Lipinski definition) is 0. The van der Waals surface area contributed by atoms with Crippen molar-refractivity contribution in [3.63, 3.8) is 0 Å². The minimum atomic E-state index is -0.999. The molecule has 0 spiro atoms. The van der Waals surface area contributed by atoms with Crippen LogP contribution >= 0.6 is 11.6 Å². The zero-order valence-corrected chi connectivity index (χ0v) is 15.0. The molecule has 26 heavy (non-hydrogen) atoms. The molecular formula is C17H15ClN4O4. The summed E-state index contributed by atoms with van der Waals surface area (Å²) in [6, 6.07) is 4.74. The van der Waals surface area contributed by atoms with Crippen LogP contribution in [-0.2, 0) is 21.5 Å². The lowest BCUT2D eigenvalue weighted by Crippen LogP contribution is -2.33. The van der Waals surface area contributed by atoms with Gasteiger partial charge in [-0.2, -0.15) is 5.10 Å². The van der Waals surface area contributed by atoms with E-state index in [2.05, 4.69) is 10.3 Å². The molecule has 1 aromatic heterocycles. The van der Waals surface area contributed by atoms with Gasteiger partial charge in [-0.05, 0) is 25.1 Å². The number of halogens is 1. The third kappa shape index (κ3) is 2.29. The lowest BCUT2D eigenvalue weighted by atomic mass is 9.94. The first-order chi connectivity index (χ1) is 12.4. The lowest BCUT2D eigenvalue weighted by Gasteiger charge is -2.18. The van der Waals surface area contributed by atoms with E-state index in [4.69, 9.17) is 21.2 Å². The Kier molecular flexibility index (Phi) is 3.73. The van der Waals surface area contributed by atoms with Gasteiger partial charge in [0.1, 0.15) is 17.4 Å². The molecule has 134 valence electrons. The number of hydrogen-bond acceptors (Lipinski definition) is 6. The second-order valence-electron chi connectivity index (χ2n) is 6.11. The minimum absolute atomic E-state index is 0.287. The molecule has 0 N–H and O–H groups in total. The number of oxime groups is 1. The molecule has 1 saturated heterocycles. The fourth-order valence-electron chi connectivity index (χ4n) is 3.33. The molecule has 8 nitrogen and oxygen atoms in total. The number of methoxy groups -OCH3 is 1. The summed E-state index contributed by atoms with van der Waals surface area (Å²) in [7, 11) is 3.23. The van der Waals surface area contributed by atoms with Crippen LogP contribution < -0.4 is 9.64 Å². The average molecular weight is 375 g/mol. The third-order valence-electron chi connectivity index (χ3n) is 4.48. The summed E-state index contributed by atoms with van der Waals surface area (Å²) in [5, 5.41) is 8.64. The Balaban J connectivity index is 1.76. The number of benzene rings is 1. The molecule has 0 radical (unpaired) electrons. The molecule has 1 aromatic carbocycles. The van der Waals surface area contributed by atoms with Gasteiger partial charge in [-0.3, -0.25) is 14.3 Å². The number of ether oxygens (including phenoxy) is 1. The van der Waals surface area contributed by atoms with Crippen LogP contribution in [0.5, 0.6) is 5.75 Å². The first kappa shape index (κ1) is 16.6. The number of rotatable bonds is 3. The highest BCUT2D eigenvalue weighted by Crippen LogP contribution is 2.40. The van der Waals surface area contributed by atoms with Crippen molar-refractivity contribution in [3.8, 4) is 5.75 Å². The Hall–Kier alpha value is -2.87. The summed E-state index contributed by atoms with van der Waals surface area (Å²) in [6.45, 7) is 1.81. The van der Waals surface area contributed by atoms with E-state index in [1.807, 2.05) is 6.92 Å². The number of anilines is 1. The summed E-state index contributed by atoms with van der Waals surface area (Å²) >= 11 is 6.05. The summed E-state index contributed by atoms with van der Waals surface area (Å²) in [5.74, 6) is -1.39. The Bertz CT molecular complexity index is 968. The predicted molar refractivity (Wildman–Crippen MR) is 93.3 cm³/mol. The largest absolute Gasteiger partial charge is 0.495 e. The molecule has 0 saturated carbocycles. The summed E-state index contributed by atoms with van der Waals surface area (Å²) in [4.78, 5) is 32.3. The number of aromatic nitrogens is 2. The van der Waals surface area contributed by atoms with Gasteiger partial charge >= 0.3 is 0 Å². The SMILES string of the molecule is COc1ccc(Cl)cc1N1C(=O)[C@H]2C(c3cn(C)nc3C)=NO[C@@H]2C1=O. The zero-order valence-electron chi connectivity index (χ0n) is 14.3. The molecular weight excluding hydrogens is 360 g/mol. The van der Waals surface area contributed by atoms with Crippen molar-refractivity contribution in [2.75, 3.05) is 12.0 Å². The van der Waals surface area contributed by atoms with Crippen LogP contribution in [0.1, 0.15) is 11.3 Å². The number of imide groups is 1. The van der Waals surface area contributed by atoms with E-state index < -0.39 is 23.8 Å². The first-order valence-corrected chi connectivity index (χ1v) is 8.26. The number of carbonyl (C=O) groups excluding carboxylic acids is 2. The van der Waals surface area contributed by atoms with Crippen LogP contribution in [0.15, 0.2) is 29.6 Å². The average Bonchev–Trinajstić information content (AvgIpc) is 3.23. The van der Waals surface area contributed by atoms with E-state index in [1.54, 1.807) is 30.1 Å². The fraction of sp³-hybridized carbons (Fsp3) is 0.294. The van der Waals surface area contributed by atoms with Crippen molar-refractivity contribution in [2.24, 2.45) is 18.1 Å². The first-order valence-electron chi connectivity index (χ1n) is 7.88. The summed E-state index contributed by atoms with van der Waals surface area (Å²) in [5.41, 5.74) is 2.08. The standard InChI is InChI=1S/C17H15ClN4O4/c1-8-10(7-21(2)19-8)14-13-15(26-20-14)17(24)22(16(13)23)11-6-9(18)4-5-12(11)25-3/h4-7,13,15H,1-3H3/t13-,15-/m0/s1. The maximum atomic E-state index is 13.1. The van der Waals surface area contributed by atoms with E-state index in [1.165, 1.54) is 13.2 Å². The Morgan fingerprint density at radius 2 is 2.04 bits per heavy atom. The lowest BCUT2D eigenvalue weighted by molar-refractivity contribution is -0.126. The van der Waals surface area contributed by atoms with E-state index in [0.29, 0.717) is 27.7 Å². The van der Waals surface area contributed by atoms with Crippen LogP contribution in [0.4, 0.5) is 5.69 Å². The Morgan fingerprint density at radius 1 is 1.27 bits per heavy atom. The topological polar surface area (TPSA) is 86.0 Å². The number of nitrogens with zero attached hydrogens (tertiary/aromatic N) is 4. The van der Waals surface area contributed by atoms with E-state index in [0.717, 1.165) is 4.90 Å². The van der Waals surface area contributed by atoms with E-state index in [-0.39, 0.29) is 5.69 Å². The van der Waals surface area contributed by atoms with Crippen molar-refractivity contribution in [1.82, 2.24) is 9.78 Å². The van der Waals surface area contributed by atoms with Crippen molar-refractivity contribution in [2.45, 2.75) is 13.0 Å². The van der Waals surface area contributed by atoms with Crippen molar-refractivity contribution in [1.29, 1.82) is 0 Å². The number of fused-ring (bicyclic) bond motifs is 1. The molecule has 2 aromatic rings. The third-order valence-corrected chi connectivity index (χ3v) is 4.72. The molecule has 2 aliphatic rings. The van der Waals surface area contributed by atoms with E-state index in [9.17, 15) is 9.59 Å². The molecule has 2 atom stereocenters. The van der Waals surface area contributed by atoms with E-state index >= 15 is 0 Å². The van der Waals surface area contributed by atoms with Gasteiger partial charge in [0.25, 0.3) is 5.91 Å². The summed E-state index contributed by atoms with van der Waals surface area (Å²) in [6.07, 6.45) is 0.751. The highest BCUT2D eigenvalue weighted by Gasteiger charge is 2.57.